The Bertz CT molecular complexity index is 3320. The SMILES string of the molecule is [2H]c1c([2H])c(-c2ccccc2)c([2H])c(-c2c3ccccc3c(-c3c([2H])c([2H])c([2H])c(-c4c([2H])c([2H])c5oc6c([2H])c([2H])c([2H])c([2H])c6c5c4[2H])c3[2H])c3ccccc23)c1[2H]. The summed E-state index contributed by atoms with van der Waals surface area (Å²) in [5.74, 6) is 0. The molecule has 0 saturated heterocycles. The van der Waals surface area contributed by atoms with E-state index < -0.39 is 77.6 Å². The van der Waals surface area contributed by atoms with Crippen molar-refractivity contribution in [2.75, 3.05) is 0 Å². The van der Waals surface area contributed by atoms with Gasteiger partial charge in [0.15, 0.2) is 0 Å². The zero-order chi connectivity index (χ0) is 42.8. The molecule has 9 rings (SSSR count). The van der Waals surface area contributed by atoms with Crippen molar-refractivity contribution in [3.63, 3.8) is 0 Å². The van der Waals surface area contributed by atoms with Crippen molar-refractivity contribution in [2.24, 2.45) is 0 Å². The molecular formula is C44H28O. The fourth-order valence-electron chi connectivity index (χ4n) is 5.91. The Balaban J connectivity index is 1.42. The molecule has 0 bridgehead atoms. The fraction of sp³-hybridized carbons (Fsp3) is 0. The van der Waals surface area contributed by atoms with Crippen molar-refractivity contribution in [2.45, 2.75) is 0 Å². The molecule has 0 atom stereocenters. The van der Waals surface area contributed by atoms with Gasteiger partial charge in [-0.15, -0.1) is 0 Å². The van der Waals surface area contributed by atoms with E-state index in [1.165, 1.54) is 0 Å². The molecule has 0 amide bonds. The van der Waals surface area contributed by atoms with Gasteiger partial charge in [-0.25, -0.2) is 0 Å². The Morgan fingerprint density at radius 2 is 0.822 bits per heavy atom. The smallest absolute Gasteiger partial charge is 0.135 e. The number of rotatable bonds is 4. The van der Waals surface area contributed by atoms with E-state index in [1.54, 1.807) is 78.9 Å². The summed E-state index contributed by atoms with van der Waals surface area (Å²) in [6.45, 7) is 0. The molecule has 0 radical (unpaired) electrons. The van der Waals surface area contributed by atoms with Gasteiger partial charge in [-0.2, -0.15) is 0 Å². The normalized spacial score (nSPS) is 16.2. The maximum absolute atomic E-state index is 9.75. The summed E-state index contributed by atoms with van der Waals surface area (Å²) < 4.78 is 140. The number of para-hydroxylation sites is 1. The molecule has 0 fully saturated rings. The first-order valence-electron chi connectivity index (χ1n) is 21.7. The molecule has 9 aromatic rings. The van der Waals surface area contributed by atoms with Crippen molar-refractivity contribution in [1.82, 2.24) is 0 Å². The van der Waals surface area contributed by atoms with Gasteiger partial charge in [-0.3, -0.25) is 0 Å². The van der Waals surface area contributed by atoms with Crippen LogP contribution in [0.25, 0.3) is 88.0 Å². The lowest BCUT2D eigenvalue weighted by atomic mass is 9.85. The van der Waals surface area contributed by atoms with Crippen molar-refractivity contribution in [3.8, 4) is 44.5 Å². The van der Waals surface area contributed by atoms with Gasteiger partial charge in [0.1, 0.15) is 11.2 Å². The first-order valence-corrected chi connectivity index (χ1v) is 14.2. The molecule has 0 unspecified atom stereocenters. The van der Waals surface area contributed by atoms with Gasteiger partial charge in [0.05, 0.1) is 20.6 Å². The third kappa shape index (κ3) is 4.24. The number of hydrogen-bond donors (Lipinski definition) is 0. The second-order valence-electron chi connectivity index (χ2n) is 10.5. The minimum atomic E-state index is -0.668. The predicted molar refractivity (Wildman–Crippen MR) is 190 cm³/mol. The average Bonchev–Trinajstić information content (AvgIpc) is 3.66. The van der Waals surface area contributed by atoms with Crippen LogP contribution >= 0.6 is 0 Å². The Morgan fingerprint density at radius 3 is 1.44 bits per heavy atom. The van der Waals surface area contributed by atoms with Crippen LogP contribution in [0.5, 0.6) is 0 Å². The molecular weight excluding hydrogens is 544 g/mol. The molecule has 1 nitrogen and oxygen atoms in total. The van der Waals surface area contributed by atoms with Crippen LogP contribution in [-0.4, -0.2) is 0 Å². The highest BCUT2D eigenvalue weighted by molar-refractivity contribution is 6.21. The summed E-state index contributed by atoms with van der Waals surface area (Å²) in [7, 11) is 0. The Morgan fingerprint density at radius 1 is 0.333 bits per heavy atom. The van der Waals surface area contributed by atoms with Crippen LogP contribution < -0.4 is 0 Å². The summed E-state index contributed by atoms with van der Waals surface area (Å²) >= 11 is 0. The van der Waals surface area contributed by atoms with E-state index in [1.807, 2.05) is 0 Å². The van der Waals surface area contributed by atoms with Crippen LogP contribution in [0.2, 0.25) is 0 Å². The largest absolute Gasteiger partial charge is 0.456 e. The van der Waals surface area contributed by atoms with E-state index in [4.69, 9.17) is 19.5 Å². The van der Waals surface area contributed by atoms with Gasteiger partial charge >= 0.3 is 0 Å². The summed E-state index contributed by atoms with van der Waals surface area (Å²) in [5.41, 5.74) is -0.205. The second-order valence-corrected chi connectivity index (χ2v) is 10.5. The molecule has 0 aliphatic carbocycles. The number of fused-ring (bicyclic) bond motifs is 5. The van der Waals surface area contributed by atoms with Crippen molar-refractivity contribution >= 4 is 43.5 Å². The van der Waals surface area contributed by atoms with Crippen molar-refractivity contribution < 1.29 is 25.0 Å². The quantitative estimate of drug-likeness (QED) is 0.187. The van der Waals surface area contributed by atoms with Gasteiger partial charge in [0.25, 0.3) is 0 Å². The maximum Gasteiger partial charge on any atom is 0.135 e. The van der Waals surface area contributed by atoms with Crippen LogP contribution in [0, 0.1) is 0 Å². The Kier molecular flexibility index (Phi) is 3.39. The molecule has 0 aliphatic rings. The zero-order valence-electron chi connectivity index (χ0n) is 38.4. The fourth-order valence-corrected chi connectivity index (χ4v) is 5.91. The standard InChI is InChI=1S/C44H28O/c1-2-12-29(13-3-1)30-14-10-16-33(26-30)43-36-19-4-6-21-38(36)44(39-22-7-5-20-37(39)43)34-17-11-15-31(27-34)32-24-25-42-40(28-32)35-18-8-9-23-41(35)45-42/h1-28H/i8D,9D,10D,11D,14D,15D,16D,17D,18D,23D,24D,25D,26D,27D,28D. The van der Waals surface area contributed by atoms with E-state index in [0.717, 1.165) is 0 Å². The third-order valence-corrected chi connectivity index (χ3v) is 7.88. The van der Waals surface area contributed by atoms with Gasteiger partial charge in [-0.1, -0.05) is 139 Å². The number of benzene rings is 8. The summed E-state index contributed by atoms with van der Waals surface area (Å²) in [6.07, 6.45) is 0. The molecule has 1 heterocycles. The van der Waals surface area contributed by atoms with Crippen LogP contribution in [-0.2, 0) is 0 Å². The van der Waals surface area contributed by atoms with Crippen molar-refractivity contribution in [1.29, 1.82) is 0 Å². The van der Waals surface area contributed by atoms with E-state index in [9.17, 15) is 5.48 Å². The number of furan rings is 1. The molecule has 1 heteroatoms. The van der Waals surface area contributed by atoms with E-state index in [2.05, 4.69) is 0 Å². The summed E-state index contributed by atoms with van der Waals surface area (Å²) in [5, 5.41) is 1.32. The Hall–Kier alpha value is -5.92. The zero-order valence-corrected chi connectivity index (χ0v) is 23.4. The molecule has 0 saturated carbocycles. The maximum atomic E-state index is 9.75. The van der Waals surface area contributed by atoms with Crippen LogP contribution in [0.15, 0.2) is 174 Å². The molecule has 8 aromatic carbocycles. The summed E-state index contributed by atoms with van der Waals surface area (Å²) in [6, 6.07) is 15.0. The minimum Gasteiger partial charge on any atom is -0.456 e. The first-order chi connectivity index (χ1) is 28.6. The Labute approximate surface area is 282 Å². The highest BCUT2D eigenvalue weighted by Crippen LogP contribution is 2.45. The molecule has 1 aromatic heterocycles. The highest BCUT2D eigenvalue weighted by atomic mass is 16.3. The topological polar surface area (TPSA) is 13.1 Å². The summed E-state index contributed by atoms with van der Waals surface area (Å²) in [4.78, 5) is 0. The van der Waals surface area contributed by atoms with E-state index in [0.29, 0.717) is 32.7 Å². The average molecular weight is 588 g/mol. The second kappa shape index (κ2) is 10.4. The van der Waals surface area contributed by atoms with Gasteiger partial charge in [0, 0.05) is 10.8 Å². The lowest BCUT2D eigenvalue weighted by molar-refractivity contribution is 0.669. The highest BCUT2D eigenvalue weighted by Gasteiger charge is 2.17. The number of hydrogen-bond acceptors (Lipinski definition) is 1. The van der Waals surface area contributed by atoms with Crippen LogP contribution in [0.3, 0.4) is 0 Å². The predicted octanol–water partition coefficient (Wildman–Crippen LogP) is 12.6. The van der Waals surface area contributed by atoms with Crippen LogP contribution in [0.1, 0.15) is 20.6 Å². The first kappa shape index (κ1) is 14.7. The third-order valence-electron chi connectivity index (χ3n) is 7.88. The molecule has 0 N–H and O–H groups in total. The van der Waals surface area contributed by atoms with Crippen molar-refractivity contribution in [3.05, 3.63) is 169 Å². The minimum absolute atomic E-state index is 0.0914. The monoisotopic (exact) mass is 587 g/mol. The lowest BCUT2D eigenvalue weighted by Crippen LogP contribution is -1.91. The van der Waals surface area contributed by atoms with Crippen LogP contribution in [0.4, 0.5) is 0 Å². The lowest BCUT2D eigenvalue weighted by Gasteiger charge is -2.18. The molecule has 0 spiro atoms. The van der Waals surface area contributed by atoms with Gasteiger partial charge < -0.3 is 4.42 Å². The molecule has 210 valence electrons. The van der Waals surface area contributed by atoms with Gasteiger partial charge in [0.2, 0.25) is 0 Å². The van der Waals surface area contributed by atoms with E-state index in [-0.39, 0.29) is 68.4 Å². The van der Waals surface area contributed by atoms with E-state index >= 15 is 0 Å². The van der Waals surface area contributed by atoms with Gasteiger partial charge in [-0.05, 0) is 96.3 Å². The molecule has 45 heavy (non-hydrogen) atoms. The molecule has 0 aliphatic heterocycles.